The molecule has 0 saturated carbocycles. The minimum atomic E-state index is -0.266. The van der Waals surface area contributed by atoms with E-state index in [2.05, 4.69) is 45.3 Å². The molecule has 2 unspecified atom stereocenters. The van der Waals surface area contributed by atoms with Gasteiger partial charge in [-0.15, -0.1) is 0 Å². The fourth-order valence-electron chi connectivity index (χ4n) is 3.95. The van der Waals surface area contributed by atoms with Crippen LogP contribution in [-0.4, -0.2) is 43.3 Å². The van der Waals surface area contributed by atoms with Gasteiger partial charge in [0.1, 0.15) is 25.0 Å². The highest BCUT2D eigenvalue weighted by molar-refractivity contribution is 5.74. The van der Waals surface area contributed by atoms with Gasteiger partial charge in [-0.25, -0.2) is 4.79 Å². The molecular weight excluding hydrogens is 410 g/mol. The minimum Gasteiger partial charge on any atom is -0.487 e. The van der Waals surface area contributed by atoms with Gasteiger partial charge in [-0.2, -0.15) is 0 Å². The summed E-state index contributed by atoms with van der Waals surface area (Å²) < 4.78 is 12.2. The molecule has 2 aromatic carbocycles. The summed E-state index contributed by atoms with van der Waals surface area (Å²) in [6, 6.07) is 18.3. The summed E-state index contributed by atoms with van der Waals surface area (Å²) in [7, 11) is 4.13. The van der Waals surface area contributed by atoms with Crippen molar-refractivity contribution in [1.82, 2.24) is 0 Å². The molecular formula is C29H44NO3+. The zero-order chi connectivity index (χ0) is 24.1. The summed E-state index contributed by atoms with van der Waals surface area (Å²) in [5, 5.41) is 0. The molecule has 0 fully saturated rings. The second kappa shape index (κ2) is 14.0. The minimum absolute atomic E-state index is 0.191. The zero-order valence-corrected chi connectivity index (χ0v) is 21.4. The Balaban J connectivity index is 1.76. The second-order valence-corrected chi connectivity index (χ2v) is 9.82. The van der Waals surface area contributed by atoms with Crippen molar-refractivity contribution in [3.05, 3.63) is 65.7 Å². The number of quaternary nitrogens is 1. The van der Waals surface area contributed by atoms with E-state index in [0.717, 1.165) is 18.7 Å². The molecule has 0 heterocycles. The van der Waals surface area contributed by atoms with Crippen molar-refractivity contribution in [2.45, 2.75) is 84.4 Å². The third-order valence-corrected chi connectivity index (χ3v) is 6.34. The molecule has 0 saturated heterocycles. The number of hydrogen-bond donors (Lipinski definition) is 0. The van der Waals surface area contributed by atoms with Gasteiger partial charge in [0.05, 0.1) is 14.1 Å². The third kappa shape index (κ3) is 10.00. The van der Waals surface area contributed by atoms with Gasteiger partial charge in [-0.1, -0.05) is 81.5 Å². The van der Waals surface area contributed by atoms with E-state index >= 15 is 0 Å². The maximum Gasteiger partial charge on any atom is 0.364 e. The lowest BCUT2D eigenvalue weighted by Crippen LogP contribution is -2.51. The quantitative estimate of drug-likeness (QED) is 0.174. The maximum absolute atomic E-state index is 12.7. The number of unbranched alkanes of at least 4 members (excludes halogenated alkanes) is 5. The molecule has 182 valence electrons. The van der Waals surface area contributed by atoms with Gasteiger partial charge in [0.15, 0.2) is 6.04 Å². The van der Waals surface area contributed by atoms with Gasteiger partial charge < -0.3 is 14.0 Å². The lowest BCUT2D eigenvalue weighted by molar-refractivity contribution is -0.917. The van der Waals surface area contributed by atoms with Crippen molar-refractivity contribution < 1.29 is 18.8 Å². The molecule has 0 spiro atoms. The Morgan fingerprint density at radius 2 is 1.55 bits per heavy atom. The van der Waals surface area contributed by atoms with E-state index in [4.69, 9.17) is 9.47 Å². The molecule has 33 heavy (non-hydrogen) atoms. The molecule has 0 N–H and O–H groups in total. The van der Waals surface area contributed by atoms with Gasteiger partial charge >= 0.3 is 5.97 Å². The monoisotopic (exact) mass is 454 g/mol. The molecule has 2 atom stereocenters. The summed E-state index contributed by atoms with van der Waals surface area (Å²) in [6.07, 6.45) is 8.69. The zero-order valence-electron chi connectivity index (χ0n) is 21.4. The first-order valence-electron chi connectivity index (χ1n) is 12.6. The fourth-order valence-corrected chi connectivity index (χ4v) is 3.95. The van der Waals surface area contributed by atoms with Gasteiger partial charge in [-0.05, 0) is 44.4 Å². The molecule has 0 aliphatic rings. The van der Waals surface area contributed by atoms with E-state index in [9.17, 15) is 4.79 Å². The predicted molar refractivity (Wildman–Crippen MR) is 136 cm³/mol. The van der Waals surface area contributed by atoms with Crippen molar-refractivity contribution in [2.24, 2.45) is 0 Å². The highest BCUT2D eigenvalue weighted by Crippen LogP contribution is 2.19. The maximum atomic E-state index is 12.7. The van der Waals surface area contributed by atoms with Gasteiger partial charge in [0.2, 0.25) is 0 Å². The van der Waals surface area contributed by atoms with Crippen LogP contribution in [-0.2, 0) is 22.5 Å². The topological polar surface area (TPSA) is 35.5 Å². The molecule has 4 nitrogen and oxygen atoms in total. The average Bonchev–Trinajstić information content (AvgIpc) is 2.80. The second-order valence-electron chi connectivity index (χ2n) is 9.82. The van der Waals surface area contributed by atoms with E-state index in [1.807, 2.05) is 44.2 Å². The van der Waals surface area contributed by atoms with Gasteiger partial charge in [0.25, 0.3) is 0 Å². The normalized spacial score (nSPS) is 13.4. The first-order chi connectivity index (χ1) is 15.8. The summed E-state index contributed by atoms with van der Waals surface area (Å²) in [5.74, 6) is 0.651. The van der Waals surface area contributed by atoms with Crippen LogP contribution in [0.3, 0.4) is 0 Å². The number of hydrogen-bond acceptors (Lipinski definition) is 3. The van der Waals surface area contributed by atoms with E-state index in [1.54, 1.807) is 0 Å². The lowest BCUT2D eigenvalue weighted by atomic mass is 10.0. The Kier molecular flexibility index (Phi) is 11.5. The van der Waals surface area contributed by atoms with Crippen molar-refractivity contribution in [2.75, 3.05) is 20.7 Å². The summed E-state index contributed by atoms with van der Waals surface area (Å²) >= 11 is 0. The number of rotatable bonds is 15. The van der Waals surface area contributed by atoms with Crippen molar-refractivity contribution >= 4 is 5.97 Å². The smallest absolute Gasteiger partial charge is 0.364 e. The van der Waals surface area contributed by atoms with Crippen LogP contribution in [0.15, 0.2) is 54.6 Å². The molecule has 0 aliphatic heterocycles. The molecule has 4 heteroatoms. The highest BCUT2D eigenvalue weighted by Gasteiger charge is 2.32. The number of ether oxygens (including phenoxy) is 2. The number of aryl methyl sites for hydroxylation is 1. The summed E-state index contributed by atoms with van der Waals surface area (Å²) in [5.41, 5.74) is 2.51. The Morgan fingerprint density at radius 3 is 2.27 bits per heavy atom. The molecule has 0 aromatic heterocycles. The Hall–Kier alpha value is -2.33. The number of nitrogens with zero attached hydrogens (tertiary/aromatic N) is 1. The van der Waals surface area contributed by atoms with Crippen molar-refractivity contribution in [3.63, 3.8) is 0 Å². The van der Waals surface area contributed by atoms with Crippen LogP contribution in [0.5, 0.6) is 5.75 Å². The number of carbonyl (C=O) groups is 1. The largest absolute Gasteiger partial charge is 0.487 e. The molecule has 2 rings (SSSR count). The number of benzene rings is 2. The van der Waals surface area contributed by atoms with Crippen LogP contribution in [0.25, 0.3) is 0 Å². The predicted octanol–water partition coefficient (Wildman–Crippen LogP) is 6.57. The SMILES string of the molecule is CCCCCCCCc1cccc(OC(C)COC(=O)C(C)[N+](C)(C)Cc2ccccc2)c1. The van der Waals surface area contributed by atoms with E-state index < -0.39 is 0 Å². The van der Waals surface area contributed by atoms with Crippen LogP contribution >= 0.6 is 0 Å². The van der Waals surface area contributed by atoms with Crippen LogP contribution in [0, 0.1) is 0 Å². The molecule has 0 amide bonds. The summed E-state index contributed by atoms with van der Waals surface area (Å²) in [6.45, 7) is 7.15. The number of carbonyl (C=O) groups excluding carboxylic acids is 1. The van der Waals surface area contributed by atoms with Gasteiger partial charge in [0, 0.05) is 5.56 Å². The van der Waals surface area contributed by atoms with Gasteiger partial charge in [-0.3, -0.25) is 0 Å². The number of likely N-dealkylation sites (N-methyl/N-ethyl adjacent to an activating group) is 1. The molecule has 0 radical (unpaired) electrons. The Bertz CT molecular complexity index is 819. The fraction of sp³-hybridized carbons (Fsp3) is 0.552. The first kappa shape index (κ1) is 26.9. The van der Waals surface area contributed by atoms with Crippen LogP contribution in [0.4, 0.5) is 0 Å². The Morgan fingerprint density at radius 1 is 0.879 bits per heavy atom. The van der Waals surface area contributed by atoms with Crippen LogP contribution < -0.4 is 4.74 Å². The van der Waals surface area contributed by atoms with E-state index in [-0.39, 0.29) is 24.7 Å². The van der Waals surface area contributed by atoms with E-state index in [0.29, 0.717) is 4.48 Å². The summed E-state index contributed by atoms with van der Waals surface area (Å²) in [4.78, 5) is 12.7. The van der Waals surface area contributed by atoms with Crippen molar-refractivity contribution in [3.8, 4) is 5.75 Å². The average molecular weight is 455 g/mol. The van der Waals surface area contributed by atoms with Crippen LogP contribution in [0.1, 0.15) is 70.4 Å². The molecule has 2 aromatic rings. The van der Waals surface area contributed by atoms with Crippen molar-refractivity contribution in [1.29, 1.82) is 0 Å². The number of esters is 1. The first-order valence-corrected chi connectivity index (χ1v) is 12.6. The van der Waals surface area contributed by atoms with Crippen LogP contribution in [0.2, 0.25) is 0 Å². The third-order valence-electron chi connectivity index (χ3n) is 6.34. The Labute approximate surface area is 201 Å². The highest BCUT2D eigenvalue weighted by atomic mass is 16.6. The molecule has 0 bridgehead atoms. The lowest BCUT2D eigenvalue weighted by Gasteiger charge is -2.34. The standard InChI is InChI=1S/C29H44NO3/c1-6-7-8-9-10-12-16-26-19-15-20-28(21-26)33-24(2)23-32-29(31)25(3)30(4,5)22-27-17-13-11-14-18-27/h11,13-15,17-21,24-25H,6-10,12,16,22-23H2,1-5H3/q+1. The van der Waals surface area contributed by atoms with E-state index in [1.165, 1.54) is 49.7 Å². The molecule has 0 aliphatic carbocycles.